The Kier molecular flexibility index (Phi) is 6.85. The second-order valence-electron chi connectivity index (χ2n) is 3.94. The van der Waals surface area contributed by atoms with Crippen LogP contribution in [-0.2, 0) is 0 Å². The van der Waals surface area contributed by atoms with Crippen molar-refractivity contribution >= 4 is 21.5 Å². The highest BCUT2D eigenvalue weighted by atomic mass is 14.1. The smallest absolute Gasteiger partial charge is 0.0148 e. The van der Waals surface area contributed by atoms with Crippen molar-refractivity contribution in [1.82, 2.24) is 0 Å². The fraction of sp³-hybridized carbons (Fsp3) is 0.263. The minimum absolute atomic E-state index is 0. The van der Waals surface area contributed by atoms with Crippen LogP contribution >= 0.6 is 0 Å². The van der Waals surface area contributed by atoms with E-state index in [2.05, 4.69) is 61.5 Å². The zero-order chi connectivity index (χ0) is 12.3. The summed E-state index contributed by atoms with van der Waals surface area (Å²) < 4.78 is 0. The molecule has 0 bridgehead atoms. The van der Waals surface area contributed by atoms with Gasteiger partial charge in [-0.3, -0.25) is 0 Å². The Morgan fingerprint density at radius 2 is 1.00 bits per heavy atom. The van der Waals surface area contributed by atoms with E-state index in [-0.39, 0.29) is 14.9 Å². The first-order chi connectivity index (χ1) is 8.36. The van der Waals surface area contributed by atoms with Gasteiger partial charge in [-0.1, -0.05) is 77.2 Å². The van der Waals surface area contributed by atoms with Crippen molar-refractivity contribution < 1.29 is 0 Å². The van der Waals surface area contributed by atoms with Crippen LogP contribution in [0.1, 0.15) is 34.3 Å². The van der Waals surface area contributed by atoms with Crippen LogP contribution in [0.3, 0.4) is 0 Å². The first-order valence-electron chi connectivity index (χ1n) is 6.23. The van der Waals surface area contributed by atoms with Gasteiger partial charge in [0.15, 0.2) is 0 Å². The summed E-state index contributed by atoms with van der Waals surface area (Å²) in [7, 11) is 0. The average molecular weight is 254 g/mol. The lowest BCUT2D eigenvalue weighted by atomic mass is 9.98. The molecule has 0 amide bonds. The Morgan fingerprint density at radius 1 is 0.632 bits per heavy atom. The van der Waals surface area contributed by atoms with Crippen molar-refractivity contribution in [2.24, 2.45) is 0 Å². The molecule has 0 saturated heterocycles. The average Bonchev–Trinajstić information content (AvgIpc) is 2.41. The summed E-state index contributed by atoms with van der Waals surface area (Å²) in [6.07, 6.45) is 0. The van der Waals surface area contributed by atoms with Gasteiger partial charge < -0.3 is 0 Å². The molecule has 0 saturated carbocycles. The van der Waals surface area contributed by atoms with Crippen molar-refractivity contribution in [3.8, 4) is 0 Å². The highest BCUT2D eigenvalue weighted by Crippen LogP contribution is 2.27. The summed E-state index contributed by atoms with van der Waals surface area (Å²) in [6.45, 7) is 6.20. The first-order valence-corrected chi connectivity index (χ1v) is 6.23. The minimum Gasteiger partial charge on any atom is -0.0776 e. The zero-order valence-electron chi connectivity index (χ0n) is 10.7. The Balaban J connectivity index is 0.000000776. The molecule has 19 heavy (non-hydrogen) atoms. The quantitative estimate of drug-likeness (QED) is 0.396. The monoisotopic (exact) mass is 254 g/mol. The normalized spacial score (nSPS) is 9.00. The number of aryl methyl sites for hydroxylation is 1. The Morgan fingerprint density at radius 3 is 1.42 bits per heavy atom. The predicted octanol–water partition coefficient (Wildman–Crippen LogP) is 6.60. The highest BCUT2D eigenvalue weighted by Gasteiger charge is 2.01. The van der Waals surface area contributed by atoms with Crippen LogP contribution in [-0.4, -0.2) is 0 Å². The molecule has 3 aromatic rings. The molecule has 0 aromatic heterocycles. The number of benzene rings is 3. The van der Waals surface area contributed by atoms with E-state index in [1.807, 2.05) is 13.8 Å². The lowest BCUT2D eigenvalue weighted by molar-refractivity contribution is 1.50. The van der Waals surface area contributed by atoms with Gasteiger partial charge >= 0.3 is 0 Å². The third kappa shape index (κ3) is 3.14. The summed E-state index contributed by atoms with van der Waals surface area (Å²) in [4.78, 5) is 0. The maximum Gasteiger partial charge on any atom is -0.0148 e. The molecule has 102 valence electrons. The van der Waals surface area contributed by atoms with E-state index in [1.165, 1.54) is 27.1 Å². The molecule has 0 N–H and O–H groups in total. The number of rotatable bonds is 0. The maximum absolute atomic E-state index is 2.26. The summed E-state index contributed by atoms with van der Waals surface area (Å²) in [5, 5.41) is 5.37. The van der Waals surface area contributed by atoms with Crippen LogP contribution < -0.4 is 0 Å². The molecule has 0 atom stereocenters. The zero-order valence-corrected chi connectivity index (χ0v) is 10.7. The van der Waals surface area contributed by atoms with Crippen molar-refractivity contribution in [3.05, 3.63) is 60.2 Å². The van der Waals surface area contributed by atoms with Gasteiger partial charge in [0.25, 0.3) is 0 Å². The third-order valence-corrected chi connectivity index (χ3v) is 3.04. The molecule has 0 heteroatoms. The number of fused-ring (bicyclic) bond motifs is 2. The molecule has 3 aromatic carbocycles. The number of hydrogen-bond acceptors (Lipinski definition) is 0. The van der Waals surface area contributed by atoms with Gasteiger partial charge in [0, 0.05) is 0 Å². The fourth-order valence-corrected chi connectivity index (χ4v) is 2.24. The third-order valence-electron chi connectivity index (χ3n) is 3.04. The highest BCUT2D eigenvalue weighted by molar-refractivity contribution is 6.01. The Hall–Kier alpha value is -1.82. The van der Waals surface area contributed by atoms with Crippen molar-refractivity contribution in [1.29, 1.82) is 0 Å². The van der Waals surface area contributed by atoms with E-state index >= 15 is 0 Å². The van der Waals surface area contributed by atoms with Gasteiger partial charge in [0.05, 0.1) is 0 Å². The van der Waals surface area contributed by atoms with Crippen LogP contribution in [0, 0.1) is 6.92 Å². The van der Waals surface area contributed by atoms with Crippen LogP contribution in [0.25, 0.3) is 21.5 Å². The summed E-state index contributed by atoms with van der Waals surface area (Å²) in [6, 6.07) is 19.4. The molecular formula is C19H26. The van der Waals surface area contributed by atoms with Gasteiger partial charge in [-0.15, -0.1) is 0 Å². The van der Waals surface area contributed by atoms with E-state index in [4.69, 9.17) is 0 Å². The SMILES string of the molecule is C.C.CC.Cc1c2ccccc2cc2ccccc12. The molecule has 0 radical (unpaired) electrons. The predicted molar refractivity (Wildman–Crippen MR) is 91.0 cm³/mol. The van der Waals surface area contributed by atoms with Gasteiger partial charge in [0.1, 0.15) is 0 Å². The van der Waals surface area contributed by atoms with Gasteiger partial charge in [-0.05, 0) is 40.1 Å². The molecule has 0 heterocycles. The van der Waals surface area contributed by atoms with E-state index in [1.54, 1.807) is 0 Å². The minimum atomic E-state index is 0. The summed E-state index contributed by atoms with van der Waals surface area (Å²) >= 11 is 0. The molecule has 0 aliphatic heterocycles. The molecule has 0 spiro atoms. The van der Waals surface area contributed by atoms with E-state index in [0.717, 1.165) is 0 Å². The van der Waals surface area contributed by atoms with Crippen LogP contribution in [0.2, 0.25) is 0 Å². The largest absolute Gasteiger partial charge is 0.0776 e. The van der Waals surface area contributed by atoms with Crippen molar-refractivity contribution in [2.45, 2.75) is 35.6 Å². The molecule has 3 rings (SSSR count). The standard InChI is InChI=1S/C15H12.C2H6.2CH4/c1-11-14-8-4-2-6-12(14)10-13-7-3-5-9-15(11)13;1-2;;/h2-10H,1H3;1-2H3;2*1H4. The molecule has 0 aliphatic carbocycles. The Bertz CT molecular complexity index is 582. The van der Waals surface area contributed by atoms with E-state index in [0.29, 0.717) is 0 Å². The van der Waals surface area contributed by atoms with E-state index < -0.39 is 0 Å². The second-order valence-corrected chi connectivity index (χ2v) is 3.94. The lowest BCUT2D eigenvalue weighted by Crippen LogP contribution is -1.81. The molecule has 0 nitrogen and oxygen atoms in total. The van der Waals surface area contributed by atoms with Gasteiger partial charge in [-0.2, -0.15) is 0 Å². The molecule has 0 fully saturated rings. The second kappa shape index (κ2) is 7.58. The van der Waals surface area contributed by atoms with Crippen molar-refractivity contribution in [3.63, 3.8) is 0 Å². The van der Waals surface area contributed by atoms with Crippen molar-refractivity contribution in [2.75, 3.05) is 0 Å². The fourth-order valence-electron chi connectivity index (χ4n) is 2.24. The van der Waals surface area contributed by atoms with Crippen LogP contribution in [0.5, 0.6) is 0 Å². The van der Waals surface area contributed by atoms with Crippen LogP contribution in [0.15, 0.2) is 54.6 Å². The lowest BCUT2D eigenvalue weighted by Gasteiger charge is -2.06. The summed E-state index contributed by atoms with van der Waals surface area (Å²) in [5.41, 5.74) is 1.38. The van der Waals surface area contributed by atoms with Gasteiger partial charge in [0.2, 0.25) is 0 Å². The molecule has 0 unspecified atom stereocenters. The maximum atomic E-state index is 2.26. The van der Waals surface area contributed by atoms with Gasteiger partial charge in [-0.25, -0.2) is 0 Å². The molecule has 0 aliphatic rings. The van der Waals surface area contributed by atoms with Crippen LogP contribution in [0.4, 0.5) is 0 Å². The molecular weight excluding hydrogens is 228 g/mol. The number of hydrogen-bond donors (Lipinski definition) is 0. The Labute approximate surface area is 118 Å². The first kappa shape index (κ1) is 17.2. The van der Waals surface area contributed by atoms with E-state index in [9.17, 15) is 0 Å². The topological polar surface area (TPSA) is 0 Å². The summed E-state index contributed by atoms with van der Waals surface area (Å²) in [5.74, 6) is 0.